The van der Waals surface area contributed by atoms with Crippen LogP contribution in [0, 0.1) is 0 Å². The van der Waals surface area contributed by atoms with Crippen molar-refractivity contribution in [3.8, 4) is 11.5 Å². The number of esters is 1. The molecule has 0 bridgehead atoms. The monoisotopic (exact) mass is 256 g/mol. The lowest BCUT2D eigenvalue weighted by molar-refractivity contribution is 0.0665. The van der Waals surface area contributed by atoms with E-state index in [9.17, 15) is 4.79 Å². The quantitative estimate of drug-likeness (QED) is 0.654. The molecule has 0 fully saturated rings. The van der Waals surface area contributed by atoms with Crippen LogP contribution in [0.15, 0.2) is 54.8 Å². The fourth-order valence-corrected chi connectivity index (χ4v) is 1.43. The van der Waals surface area contributed by atoms with Gasteiger partial charge in [-0.1, -0.05) is 12.1 Å². The Morgan fingerprint density at radius 1 is 0.895 bits per heavy atom. The largest absolute Gasteiger partial charge is 0.508 e. The number of phenols is 2. The Morgan fingerprint density at radius 3 is 2.00 bits per heavy atom. The van der Waals surface area contributed by atoms with Gasteiger partial charge in [-0.25, -0.2) is 4.79 Å². The topological polar surface area (TPSA) is 66.8 Å². The van der Waals surface area contributed by atoms with E-state index in [2.05, 4.69) is 0 Å². The van der Waals surface area contributed by atoms with Crippen molar-refractivity contribution in [3.63, 3.8) is 0 Å². The van der Waals surface area contributed by atoms with Gasteiger partial charge in [0.2, 0.25) is 0 Å². The summed E-state index contributed by atoms with van der Waals surface area (Å²) in [5.41, 5.74) is 1.16. The van der Waals surface area contributed by atoms with Gasteiger partial charge in [-0.3, -0.25) is 0 Å². The van der Waals surface area contributed by atoms with Gasteiger partial charge in [0, 0.05) is 0 Å². The molecule has 2 aromatic rings. The Labute approximate surface area is 110 Å². The van der Waals surface area contributed by atoms with E-state index in [0.29, 0.717) is 5.56 Å². The second-order valence-corrected chi connectivity index (χ2v) is 3.85. The summed E-state index contributed by atoms with van der Waals surface area (Å²) in [6.45, 7) is 0. The molecule has 0 aliphatic heterocycles. The van der Waals surface area contributed by atoms with Crippen molar-refractivity contribution in [3.05, 3.63) is 65.9 Å². The summed E-state index contributed by atoms with van der Waals surface area (Å²) in [5, 5.41) is 18.2. The SMILES string of the molecule is O=C(O/C=C/c1ccc(O)cc1)c1ccc(O)cc1. The highest BCUT2D eigenvalue weighted by atomic mass is 16.5. The van der Waals surface area contributed by atoms with Crippen molar-refractivity contribution < 1.29 is 19.7 Å². The summed E-state index contributed by atoms with van der Waals surface area (Å²) in [5.74, 6) is -0.232. The molecule has 0 unspecified atom stereocenters. The molecule has 0 spiro atoms. The number of hydrogen-bond donors (Lipinski definition) is 2. The molecule has 96 valence electrons. The normalized spacial score (nSPS) is 10.5. The fraction of sp³-hybridized carbons (Fsp3) is 0. The summed E-state index contributed by atoms with van der Waals surface area (Å²) in [4.78, 5) is 11.6. The van der Waals surface area contributed by atoms with E-state index in [4.69, 9.17) is 14.9 Å². The van der Waals surface area contributed by atoms with Crippen LogP contribution in [-0.4, -0.2) is 16.2 Å². The average Bonchev–Trinajstić information content (AvgIpc) is 2.41. The molecule has 0 amide bonds. The number of ether oxygens (including phenoxy) is 1. The Bertz CT molecular complexity index is 583. The van der Waals surface area contributed by atoms with Crippen LogP contribution in [-0.2, 0) is 4.74 Å². The zero-order valence-corrected chi connectivity index (χ0v) is 9.98. The van der Waals surface area contributed by atoms with Gasteiger partial charge in [0.25, 0.3) is 0 Å². The molecule has 0 aromatic heterocycles. The number of hydrogen-bond acceptors (Lipinski definition) is 4. The third-order valence-corrected chi connectivity index (χ3v) is 2.43. The summed E-state index contributed by atoms with van der Waals surface area (Å²) in [6, 6.07) is 12.3. The molecule has 19 heavy (non-hydrogen) atoms. The van der Waals surface area contributed by atoms with Crippen LogP contribution >= 0.6 is 0 Å². The van der Waals surface area contributed by atoms with E-state index in [0.717, 1.165) is 5.56 Å². The summed E-state index contributed by atoms with van der Waals surface area (Å²) < 4.78 is 4.94. The molecule has 0 radical (unpaired) electrons. The van der Waals surface area contributed by atoms with Crippen LogP contribution in [0.1, 0.15) is 15.9 Å². The number of benzene rings is 2. The second kappa shape index (κ2) is 5.73. The standard InChI is InChI=1S/C15H12O4/c16-13-5-1-11(2-6-13)9-10-19-15(18)12-3-7-14(17)8-4-12/h1-10,16-17H/b10-9+. The van der Waals surface area contributed by atoms with E-state index in [-0.39, 0.29) is 11.5 Å². The van der Waals surface area contributed by atoms with Gasteiger partial charge in [0.15, 0.2) is 0 Å². The maximum atomic E-state index is 11.6. The zero-order chi connectivity index (χ0) is 13.7. The maximum Gasteiger partial charge on any atom is 0.342 e. The van der Waals surface area contributed by atoms with Crippen molar-refractivity contribution in [1.82, 2.24) is 0 Å². The number of aromatic hydroxyl groups is 2. The van der Waals surface area contributed by atoms with Gasteiger partial charge in [0.1, 0.15) is 11.5 Å². The summed E-state index contributed by atoms with van der Waals surface area (Å²) in [6.07, 6.45) is 2.89. The third-order valence-electron chi connectivity index (χ3n) is 2.43. The predicted molar refractivity (Wildman–Crippen MR) is 70.7 cm³/mol. The molecule has 2 N–H and O–H groups in total. The molecule has 2 aromatic carbocycles. The van der Waals surface area contributed by atoms with Gasteiger partial charge in [-0.05, 0) is 48.0 Å². The van der Waals surface area contributed by atoms with Crippen molar-refractivity contribution in [2.45, 2.75) is 0 Å². The predicted octanol–water partition coefficient (Wildman–Crippen LogP) is 2.93. The highest BCUT2D eigenvalue weighted by molar-refractivity contribution is 5.90. The van der Waals surface area contributed by atoms with Crippen LogP contribution in [0.25, 0.3) is 6.08 Å². The first-order valence-electron chi connectivity index (χ1n) is 5.61. The van der Waals surface area contributed by atoms with Crippen molar-refractivity contribution in [2.24, 2.45) is 0 Å². The smallest absolute Gasteiger partial charge is 0.342 e. The van der Waals surface area contributed by atoms with E-state index in [1.165, 1.54) is 30.5 Å². The molecule has 2 rings (SSSR count). The van der Waals surface area contributed by atoms with Crippen LogP contribution < -0.4 is 0 Å². The molecule has 0 heterocycles. The number of carbonyl (C=O) groups excluding carboxylic acids is 1. The van der Waals surface area contributed by atoms with E-state index < -0.39 is 5.97 Å². The first kappa shape index (κ1) is 12.7. The minimum atomic E-state index is -0.505. The average molecular weight is 256 g/mol. The highest BCUT2D eigenvalue weighted by Crippen LogP contribution is 2.12. The van der Waals surface area contributed by atoms with Crippen molar-refractivity contribution in [1.29, 1.82) is 0 Å². The lowest BCUT2D eigenvalue weighted by Gasteiger charge is -1.99. The molecule has 4 heteroatoms. The van der Waals surface area contributed by atoms with Gasteiger partial charge < -0.3 is 14.9 Å². The minimum absolute atomic E-state index is 0.0937. The first-order chi connectivity index (χ1) is 9.15. The molecule has 0 saturated heterocycles. The Balaban J connectivity index is 1.96. The Kier molecular flexibility index (Phi) is 3.83. The van der Waals surface area contributed by atoms with E-state index >= 15 is 0 Å². The van der Waals surface area contributed by atoms with E-state index in [1.807, 2.05) is 0 Å². The van der Waals surface area contributed by atoms with Crippen LogP contribution in [0.5, 0.6) is 11.5 Å². The van der Waals surface area contributed by atoms with Gasteiger partial charge in [0.05, 0.1) is 11.8 Å². The molecule has 0 saturated carbocycles. The highest BCUT2D eigenvalue weighted by Gasteiger charge is 2.04. The molecular formula is C15H12O4. The molecule has 0 aliphatic rings. The van der Waals surface area contributed by atoms with Gasteiger partial charge in [-0.2, -0.15) is 0 Å². The number of carbonyl (C=O) groups is 1. The molecule has 4 nitrogen and oxygen atoms in total. The lowest BCUT2D eigenvalue weighted by Crippen LogP contribution is -1.99. The van der Waals surface area contributed by atoms with Gasteiger partial charge >= 0.3 is 5.97 Å². The zero-order valence-electron chi connectivity index (χ0n) is 9.98. The third kappa shape index (κ3) is 3.61. The molecule has 0 aliphatic carbocycles. The van der Waals surface area contributed by atoms with Crippen LogP contribution in [0.2, 0.25) is 0 Å². The van der Waals surface area contributed by atoms with E-state index in [1.54, 1.807) is 30.3 Å². The number of phenolic OH excluding ortho intramolecular Hbond substituents is 2. The maximum absolute atomic E-state index is 11.6. The lowest BCUT2D eigenvalue weighted by atomic mass is 10.2. The molecular weight excluding hydrogens is 244 g/mol. The minimum Gasteiger partial charge on any atom is -0.508 e. The second-order valence-electron chi connectivity index (χ2n) is 3.85. The van der Waals surface area contributed by atoms with Crippen LogP contribution in [0.4, 0.5) is 0 Å². The summed E-state index contributed by atoms with van der Waals surface area (Å²) >= 11 is 0. The van der Waals surface area contributed by atoms with Crippen molar-refractivity contribution in [2.75, 3.05) is 0 Å². The van der Waals surface area contributed by atoms with Crippen LogP contribution in [0.3, 0.4) is 0 Å². The Morgan fingerprint density at radius 2 is 1.42 bits per heavy atom. The van der Waals surface area contributed by atoms with Gasteiger partial charge in [-0.15, -0.1) is 0 Å². The first-order valence-corrected chi connectivity index (χ1v) is 5.61. The molecule has 0 atom stereocenters. The Hall–Kier alpha value is -2.75. The van der Waals surface area contributed by atoms with Crippen molar-refractivity contribution >= 4 is 12.0 Å². The fourth-order valence-electron chi connectivity index (χ4n) is 1.43. The number of rotatable bonds is 3. The summed E-state index contributed by atoms with van der Waals surface area (Å²) in [7, 11) is 0.